The van der Waals surface area contributed by atoms with Crippen LogP contribution in [0.25, 0.3) is 0 Å². The Hall–Kier alpha value is -1.71. The van der Waals surface area contributed by atoms with Crippen LogP contribution in [0, 0.1) is 13.8 Å². The lowest BCUT2D eigenvalue weighted by atomic mass is 10.1. The van der Waals surface area contributed by atoms with E-state index in [0.29, 0.717) is 6.61 Å². The fraction of sp³-hybridized carbons (Fsp3) is 0.462. The van der Waals surface area contributed by atoms with Gasteiger partial charge in [-0.25, -0.2) is 4.79 Å². The van der Waals surface area contributed by atoms with Gasteiger partial charge in [-0.2, -0.15) is 0 Å². The van der Waals surface area contributed by atoms with Crippen molar-refractivity contribution in [1.82, 2.24) is 0 Å². The molecule has 0 radical (unpaired) electrons. The Balaban J connectivity index is 2.74. The zero-order valence-electron chi connectivity index (χ0n) is 10.8. The number of ether oxygens (including phenoxy) is 2. The van der Waals surface area contributed by atoms with Crippen molar-refractivity contribution < 1.29 is 14.3 Å². The first-order chi connectivity index (χ1) is 8.08. The highest BCUT2D eigenvalue weighted by molar-refractivity contribution is 5.71. The second kappa shape index (κ2) is 6.13. The van der Waals surface area contributed by atoms with Crippen molar-refractivity contribution in [3.8, 4) is 5.75 Å². The second-order valence-corrected chi connectivity index (χ2v) is 3.78. The minimum absolute atomic E-state index is 0.0472. The number of benzene rings is 1. The third kappa shape index (κ3) is 3.66. The predicted octanol–water partition coefficient (Wildman–Crippen LogP) is 2.29. The van der Waals surface area contributed by atoms with Gasteiger partial charge in [0.25, 0.3) is 0 Å². The van der Waals surface area contributed by atoms with Crippen LogP contribution in [0.3, 0.4) is 0 Å². The fourth-order valence-corrected chi connectivity index (χ4v) is 1.66. The van der Waals surface area contributed by atoms with Crippen molar-refractivity contribution in [3.63, 3.8) is 0 Å². The van der Waals surface area contributed by atoms with Gasteiger partial charge in [0, 0.05) is 12.7 Å². The van der Waals surface area contributed by atoms with Crippen LogP contribution in [0.1, 0.15) is 18.1 Å². The number of hydrogen-bond acceptors (Lipinski definition) is 4. The highest BCUT2D eigenvalue weighted by Gasteiger charge is 2.09. The van der Waals surface area contributed by atoms with E-state index < -0.39 is 0 Å². The van der Waals surface area contributed by atoms with E-state index in [0.717, 1.165) is 22.6 Å². The number of carbonyl (C=O) groups excluding carboxylic acids is 1. The minimum Gasteiger partial charge on any atom is -0.481 e. The molecular formula is C13H19NO3. The first kappa shape index (κ1) is 13.4. The summed E-state index contributed by atoms with van der Waals surface area (Å²) in [5.41, 5.74) is 3.03. The first-order valence-corrected chi connectivity index (χ1v) is 5.66. The van der Waals surface area contributed by atoms with E-state index in [1.54, 1.807) is 6.92 Å². The Kier molecular flexibility index (Phi) is 4.82. The molecule has 4 nitrogen and oxygen atoms in total. The van der Waals surface area contributed by atoms with Gasteiger partial charge < -0.3 is 14.8 Å². The van der Waals surface area contributed by atoms with Gasteiger partial charge in [0.2, 0.25) is 0 Å². The highest BCUT2D eigenvalue weighted by Crippen LogP contribution is 2.26. The SMILES string of the molecule is CCOC(=O)COc1c(C)cc(NC)cc1C. The van der Waals surface area contributed by atoms with E-state index in [9.17, 15) is 4.79 Å². The van der Waals surface area contributed by atoms with Crippen molar-refractivity contribution in [2.75, 3.05) is 25.6 Å². The second-order valence-electron chi connectivity index (χ2n) is 3.78. The van der Waals surface area contributed by atoms with E-state index in [4.69, 9.17) is 9.47 Å². The van der Waals surface area contributed by atoms with Gasteiger partial charge in [-0.3, -0.25) is 0 Å². The van der Waals surface area contributed by atoms with Gasteiger partial charge >= 0.3 is 5.97 Å². The van der Waals surface area contributed by atoms with Crippen LogP contribution in [0.5, 0.6) is 5.75 Å². The quantitative estimate of drug-likeness (QED) is 0.798. The third-order valence-corrected chi connectivity index (χ3v) is 2.39. The van der Waals surface area contributed by atoms with Gasteiger partial charge in [-0.05, 0) is 44.0 Å². The summed E-state index contributed by atoms with van der Waals surface area (Å²) in [4.78, 5) is 11.2. The van der Waals surface area contributed by atoms with E-state index in [-0.39, 0.29) is 12.6 Å². The number of hydrogen-bond donors (Lipinski definition) is 1. The molecule has 0 aliphatic carbocycles. The number of nitrogens with one attached hydrogen (secondary N) is 1. The fourth-order valence-electron chi connectivity index (χ4n) is 1.66. The van der Waals surface area contributed by atoms with Crippen LogP contribution in [-0.4, -0.2) is 26.2 Å². The third-order valence-electron chi connectivity index (χ3n) is 2.39. The van der Waals surface area contributed by atoms with Crippen molar-refractivity contribution in [2.45, 2.75) is 20.8 Å². The van der Waals surface area contributed by atoms with Gasteiger partial charge in [0.05, 0.1) is 6.61 Å². The molecule has 0 heterocycles. The van der Waals surface area contributed by atoms with Gasteiger partial charge in [0.1, 0.15) is 5.75 Å². The topological polar surface area (TPSA) is 47.6 Å². The van der Waals surface area contributed by atoms with Crippen LogP contribution in [0.15, 0.2) is 12.1 Å². The van der Waals surface area contributed by atoms with Crippen molar-refractivity contribution in [2.24, 2.45) is 0 Å². The first-order valence-electron chi connectivity index (χ1n) is 5.66. The Morgan fingerprint density at radius 3 is 2.35 bits per heavy atom. The molecule has 0 saturated carbocycles. The molecule has 17 heavy (non-hydrogen) atoms. The summed E-state index contributed by atoms with van der Waals surface area (Å²) >= 11 is 0. The minimum atomic E-state index is -0.344. The van der Waals surface area contributed by atoms with E-state index >= 15 is 0 Å². The molecule has 94 valence electrons. The molecule has 1 rings (SSSR count). The molecule has 0 amide bonds. The Labute approximate surface area is 102 Å². The summed E-state index contributed by atoms with van der Waals surface area (Å²) in [6.45, 7) is 6.01. The van der Waals surface area contributed by atoms with Crippen LogP contribution in [-0.2, 0) is 9.53 Å². The standard InChI is InChI=1S/C13H19NO3/c1-5-16-12(15)8-17-13-9(2)6-11(14-4)7-10(13)3/h6-7,14H,5,8H2,1-4H3. The van der Waals surface area contributed by atoms with Crippen LogP contribution in [0.4, 0.5) is 5.69 Å². The molecule has 0 aliphatic rings. The molecule has 1 aromatic rings. The molecule has 0 fully saturated rings. The summed E-state index contributed by atoms with van der Waals surface area (Å²) in [6.07, 6.45) is 0. The maximum atomic E-state index is 11.2. The van der Waals surface area contributed by atoms with Gasteiger partial charge in [-0.15, -0.1) is 0 Å². The lowest BCUT2D eigenvalue weighted by Gasteiger charge is -2.13. The number of esters is 1. The molecule has 0 bridgehead atoms. The molecular weight excluding hydrogens is 218 g/mol. The average Bonchev–Trinajstić information content (AvgIpc) is 2.28. The molecule has 0 aliphatic heterocycles. The van der Waals surface area contributed by atoms with Crippen molar-refractivity contribution >= 4 is 11.7 Å². The molecule has 0 unspecified atom stereocenters. The van der Waals surface area contributed by atoms with Crippen LogP contribution < -0.4 is 10.1 Å². The van der Waals surface area contributed by atoms with E-state index in [1.807, 2.05) is 33.0 Å². The Morgan fingerprint density at radius 2 is 1.88 bits per heavy atom. The lowest BCUT2D eigenvalue weighted by Crippen LogP contribution is -2.15. The maximum Gasteiger partial charge on any atom is 0.344 e. The molecule has 0 spiro atoms. The molecule has 4 heteroatoms. The van der Waals surface area contributed by atoms with Crippen molar-refractivity contribution in [1.29, 1.82) is 0 Å². The smallest absolute Gasteiger partial charge is 0.344 e. The summed E-state index contributed by atoms with van der Waals surface area (Å²) in [6, 6.07) is 3.96. The van der Waals surface area contributed by atoms with Crippen molar-refractivity contribution in [3.05, 3.63) is 23.3 Å². The predicted molar refractivity (Wildman–Crippen MR) is 67.6 cm³/mol. The zero-order valence-corrected chi connectivity index (χ0v) is 10.8. The van der Waals surface area contributed by atoms with E-state index in [2.05, 4.69) is 5.32 Å². The number of carbonyl (C=O) groups is 1. The zero-order chi connectivity index (χ0) is 12.8. The number of aryl methyl sites for hydroxylation is 2. The van der Waals surface area contributed by atoms with Crippen LogP contribution >= 0.6 is 0 Å². The Morgan fingerprint density at radius 1 is 1.29 bits per heavy atom. The normalized spacial score (nSPS) is 9.88. The average molecular weight is 237 g/mol. The van der Waals surface area contributed by atoms with Crippen LogP contribution in [0.2, 0.25) is 0 Å². The van der Waals surface area contributed by atoms with E-state index in [1.165, 1.54) is 0 Å². The summed E-state index contributed by atoms with van der Waals surface area (Å²) in [7, 11) is 1.87. The molecule has 0 aromatic heterocycles. The number of anilines is 1. The summed E-state index contributed by atoms with van der Waals surface area (Å²) < 4.78 is 10.3. The lowest BCUT2D eigenvalue weighted by molar-refractivity contribution is -0.145. The van der Waals surface area contributed by atoms with Gasteiger partial charge in [0.15, 0.2) is 6.61 Å². The molecule has 0 atom stereocenters. The van der Waals surface area contributed by atoms with Gasteiger partial charge in [-0.1, -0.05) is 0 Å². The molecule has 0 saturated heterocycles. The Bertz CT molecular complexity index is 379. The summed E-state index contributed by atoms with van der Waals surface area (Å²) in [5.74, 6) is 0.404. The monoisotopic (exact) mass is 237 g/mol. The molecule has 1 N–H and O–H groups in total. The maximum absolute atomic E-state index is 11.2. The highest BCUT2D eigenvalue weighted by atomic mass is 16.6. The molecule has 1 aromatic carbocycles. The number of rotatable bonds is 5. The summed E-state index contributed by atoms with van der Waals surface area (Å²) in [5, 5.41) is 3.07. The largest absolute Gasteiger partial charge is 0.481 e.